The Balaban J connectivity index is 2.47. The fourth-order valence-corrected chi connectivity index (χ4v) is 1.71. The Kier molecular flexibility index (Phi) is 5.26. The molecular formula is C13H19NO6. The van der Waals surface area contributed by atoms with Crippen LogP contribution in [-0.2, 0) is 24.0 Å². The second-order valence-corrected chi connectivity index (χ2v) is 5.41. The third-order valence-corrected chi connectivity index (χ3v) is 2.46. The van der Waals surface area contributed by atoms with Crippen LogP contribution in [0.15, 0.2) is 12.2 Å². The summed E-state index contributed by atoms with van der Waals surface area (Å²) in [7, 11) is 0. The molecule has 20 heavy (non-hydrogen) atoms. The summed E-state index contributed by atoms with van der Waals surface area (Å²) < 4.78 is 4.98. The Hall–Kier alpha value is -1.89. The molecule has 0 aromatic carbocycles. The first kappa shape index (κ1) is 16.2. The lowest BCUT2D eigenvalue weighted by Crippen LogP contribution is -2.37. The molecule has 1 saturated heterocycles. The Morgan fingerprint density at radius 2 is 1.80 bits per heavy atom. The lowest BCUT2D eigenvalue weighted by molar-refractivity contribution is -0.193. The molecule has 1 heterocycles. The molecule has 1 atom stereocenters. The van der Waals surface area contributed by atoms with Crippen LogP contribution in [0.1, 0.15) is 33.6 Å². The first-order valence-corrected chi connectivity index (χ1v) is 6.31. The van der Waals surface area contributed by atoms with Gasteiger partial charge in [0.05, 0.1) is 0 Å². The van der Waals surface area contributed by atoms with Crippen LogP contribution in [0, 0.1) is 0 Å². The SMILES string of the molecule is CC(C)(C)OC(=O)/C=C\C(=O)ON1CCC[C@H]1C(=O)O. The molecule has 7 heteroatoms. The van der Waals surface area contributed by atoms with E-state index in [1.165, 1.54) is 0 Å². The molecule has 7 nitrogen and oxygen atoms in total. The van der Waals surface area contributed by atoms with E-state index in [1.54, 1.807) is 20.8 Å². The number of rotatable bonds is 4. The number of hydroxylamine groups is 2. The third-order valence-electron chi connectivity index (χ3n) is 2.46. The van der Waals surface area contributed by atoms with E-state index in [0.717, 1.165) is 17.2 Å². The van der Waals surface area contributed by atoms with Crippen molar-refractivity contribution in [2.75, 3.05) is 6.54 Å². The summed E-state index contributed by atoms with van der Waals surface area (Å²) in [4.78, 5) is 38.6. The predicted molar refractivity (Wildman–Crippen MR) is 68.4 cm³/mol. The van der Waals surface area contributed by atoms with Crippen molar-refractivity contribution in [3.63, 3.8) is 0 Å². The quantitative estimate of drug-likeness (QED) is 0.605. The molecule has 0 aromatic rings. The molecule has 1 aliphatic heterocycles. The summed E-state index contributed by atoms with van der Waals surface area (Å²) in [6.07, 6.45) is 2.95. The van der Waals surface area contributed by atoms with Gasteiger partial charge in [0.1, 0.15) is 11.6 Å². The molecular weight excluding hydrogens is 266 g/mol. The van der Waals surface area contributed by atoms with E-state index in [-0.39, 0.29) is 0 Å². The number of hydrogen-bond acceptors (Lipinski definition) is 6. The van der Waals surface area contributed by atoms with E-state index >= 15 is 0 Å². The monoisotopic (exact) mass is 285 g/mol. The van der Waals surface area contributed by atoms with Crippen LogP contribution in [0.2, 0.25) is 0 Å². The minimum Gasteiger partial charge on any atom is -0.480 e. The fraction of sp³-hybridized carbons (Fsp3) is 0.615. The lowest BCUT2D eigenvalue weighted by atomic mass is 10.2. The van der Waals surface area contributed by atoms with Gasteiger partial charge in [0.25, 0.3) is 0 Å². The molecule has 0 saturated carbocycles. The number of carbonyl (C=O) groups is 3. The molecule has 0 aromatic heterocycles. The molecule has 0 amide bonds. The van der Waals surface area contributed by atoms with Gasteiger partial charge in [0, 0.05) is 18.7 Å². The van der Waals surface area contributed by atoms with Crippen molar-refractivity contribution in [2.24, 2.45) is 0 Å². The summed E-state index contributed by atoms with van der Waals surface area (Å²) in [5.74, 6) is -2.50. The highest BCUT2D eigenvalue weighted by atomic mass is 16.7. The number of ether oxygens (including phenoxy) is 1. The van der Waals surface area contributed by atoms with Crippen LogP contribution in [0.3, 0.4) is 0 Å². The highest BCUT2D eigenvalue weighted by Crippen LogP contribution is 2.17. The van der Waals surface area contributed by atoms with E-state index in [0.29, 0.717) is 19.4 Å². The normalized spacial score (nSPS) is 20.1. The van der Waals surface area contributed by atoms with Crippen molar-refractivity contribution in [3.8, 4) is 0 Å². The Bertz CT molecular complexity index is 423. The standard InChI is InChI=1S/C13H19NO6/c1-13(2,3)19-10(15)6-7-11(16)20-14-8-4-5-9(14)12(17)18/h6-7,9H,4-5,8H2,1-3H3,(H,17,18)/b7-6-/t9-/m0/s1. The predicted octanol–water partition coefficient (Wildman–Crippen LogP) is 0.891. The number of hydrogen-bond donors (Lipinski definition) is 1. The van der Waals surface area contributed by atoms with Crippen molar-refractivity contribution in [1.29, 1.82) is 0 Å². The number of carboxylic acid groups (broad SMARTS) is 1. The summed E-state index contributed by atoms with van der Waals surface area (Å²) in [6.45, 7) is 5.49. The second kappa shape index (κ2) is 6.51. The molecule has 1 fully saturated rings. The van der Waals surface area contributed by atoms with Gasteiger partial charge in [-0.1, -0.05) is 0 Å². The maximum Gasteiger partial charge on any atom is 0.349 e. The zero-order valence-corrected chi connectivity index (χ0v) is 11.8. The van der Waals surface area contributed by atoms with Gasteiger partial charge in [-0.05, 0) is 33.6 Å². The number of aliphatic carboxylic acids is 1. The van der Waals surface area contributed by atoms with Crippen LogP contribution in [0.25, 0.3) is 0 Å². The summed E-state index contributed by atoms with van der Waals surface area (Å²) in [5.41, 5.74) is -0.644. The molecule has 0 bridgehead atoms. The first-order chi connectivity index (χ1) is 9.19. The van der Waals surface area contributed by atoms with E-state index in [2.05, 4.69) is 0 Å². The Morgan fingerprint density at radius 3 is 2.35 bits per heavy atom. The summed E-state index contributed by atoms with van der Waals surface area (Å²) >= 11 is 0. The maximum atomic E-state index is 11.5. The number of esters is 1. The number of carboxylic acids is 1. The van der Waals surface area contributed by atoms with Gasteiger partial charge in [0.15, 0.2) is 0 Å². The van der Waals surface area contributed by atoms with Gasteiger partial charge >= 0.3 is 17.9 Å². The largest absolute Gasteiger partial charge is 0.480 e. The minimum atomic E-state index is -1.04. The molecule has 0 unspecified atom stereocenters. The van der Waals surface area contributed by atoms with E-state index in [1.807, 2.05) is 0 Å². The third kappa shape index (κ3) is 5.40. The molecule has 1 rings (SSSR count). The van der Waals surface area contributed by atoms with Gasteiger partial charge in [0.2, 0.25) is 0 Å². The molecule has 0 spiro atoms. The van der Waals surface area contributed by atoms with Gasteiger partial charge in [-0.15, -0.1) is 5.06 Å². The van der Waals surface area contributed by atoms with Crippen molar-refractivity contribution < 1.29 is 29.1 Å². The molecule has 1 N–H and O–H groups in total. The van der Waals surface area contributed by atoms with E-state index in [4.69, 9.17) is 14.7 Å². The first-order valence-electron chi connectivity index (χ1n) is 6.31. The van der Waals surface area contributed by atoms with Gasteiger partial charge in [-0.25, -0.2) is 9.59 Å². The van der Waals surface area contributed by atoms with E-state index in [9.17, 15) is 14.4 Å². The topological polar surface area (TPSA) is 93.1 Å². The zero-order valence-electron chi connectivity index (χ0n) is 11.8. The summed E-state index contributed by atoms with van der Waals surface area (Å²) in [6, 6.07) is -0.825. The summed E-state index contributed by atoms with van der Waals surface area (Å²) in [5, 5.41) is 10.0. The molecule has 112 valence electrons. The highest BCUT2D eigenvalue weighted by molar-refractivity contribution is 5.91. The van der Waals surface area contributed by atoms with Gasteiger partial charge < -0.3 is 14.7 Å². The average molecular weight is 285 g/mol. The average Bonchev–Trinajstić information content (AvgIpc) is 2.72. The van der Waals surface area contributed by atoms with Crippen LogP contribution in [0.5, 0.6) is 0 Å². The molecule has 1 aliphatic rings. The van der Waals surface area contributed by atoms with Crippen molar-refractivity contribution in [3.05, 3.63) is 12.2 Å². The Morgan fingerprint density at radius 1 is 1.20 bits per heavy atom. The fourth-order valence-electron chi connectivity index (χ4n) is 1.71. The van der Waals surface area contributed by atoms with Crippen LogP contribution < -0.4 is 0 Å². The smallest absolute Gasteiger partial charge is 0.349 e. The lowest BCUT2D eigenvalue weighted by Gasteiger charge is -2.19. The van der Waals surface area contributed by atoms with Crippen LogP contribution >= 0.6 is 0 Å². The van der Waals surface area contributed by atoms with Crippen molar-refractivity contribution in [1.82, 2.24) is 5.06 Å². The van der Waals surface area contributed by atoms with Crippen molar-refractivity contribution >= 4 is 17.9 Å². The second-order valence-electron chi connectivity index (χ2n) is 5.41. The maximum absolute atomic E-state index is 11.5. The number of nitrogens with zero attached hydrogens (tertiary/aromatic N) is 1. The van der Waals surface area contributed by atoms with Crippen molar-refractivity contribution in [2.45, 2.75) is 45.3 Å². The minimum absolute atomic E-state index is 0.364. The number of carbonyl (C=O) groups excluding carboxylic acids is 2. The van der Waals surface area contributed by atoms with Gasteiger partial charge in [-0.2, -0.15) is 0 Å². The van der Waals surface area contributed by atoms with E-state index < -0.39 is 29.6 Å². The highest BCUT2D eigenvalue weighted by Gasteiger charge is 2.33. The van der Waals surface area contributed by atoms with Crippen LogP contribution in [0.4, 0.5) is 0 Å². The molecule has 0 aliphatic carbocycles. The Labute approximate surface area is 117 Å². The van der Waals surface area contributed by atoms with Crippen LogP contribution in [-0.4, -0.2) is 46.3 Å². The molecule has 0 radical (unpaired) electrons. The zero-order chi connectivity index (χ0) is 15.3. The van der Waals surface area contributed by atoms with Gasteiger partial charge in [-0.3, -0.25) is 4.79 Å².